The second kappa shape index (κ2) is 6.95. The van der Waals surface area contributed by atoms with Gasteiger partial charge in [-0.15, -0.1) is 0 Å². The molecule has 1 aromatic carbocycles. The number of fused-ring (bicyclic) bond motifs is 1. The van der Waals surface area contributed by atoms with Crippen LogP contribution in [0.4, 0.5) is 0 Å². The first kappa shape index (κ1) is 15.1. The molecule has 0 saturated heterocycles. The molecule has 2 unspecified atom stereocenters. The Hall–Kier alpha value is -1.26. The van der Waals surface area contributed by atoms with Crippen molar-refractivity contribution in [2.45, 2.75) is 32.4 Å². The number of benzene rings is 1. The molecule has 0 aliphatic carbocycles. The Labute approximate surface area is 122 Å². The van der Waals surface area contributed by atoms with Crippen molar-refractivity contribution in [1.29, 1.82) is 0 Å². The predicted molar refractivity (Wildman–Crippen MR) is 81.6 cm³/mol. The first-order chi connectivity index (χ1) is 9.56. The minimum atomic E-state index is 0.308. The molecule has 1 heterocycles. The smallest absolute Gasteiger partial charge is 0.161 e. The number of rotatable bonds is 6. The molecule has 1 aliphatic heterocycles. The Bertz CT molecular complexity index is 434. The fraction of sp³-hybridized carbons (Fsp3) is 0.625. The van der Waals surface area contributed by atoms with Crippen molar-refractivity contribution < 1.29 is 9.47 Å². The third-order valence-electron chi connectivity index (χ3n) is 3.61. The molecule has 4 nitrogen and oxygen atoms in total. The van der Waals surface area contributed by atoms with Crippen LogP contribution in [-0.4, -0.2) is 44.8 Å². The van der Waals surface area contributed by atoms with Gasteiger partial charge in [0, 0.05) is 12.1 Å². The summed E-state index contributed by atoms with van der Waals surface area (Å²) in [4.78, 5) is 2.22. The molecule has 0 bridgehead atoms. The van der Waals surface area contributed by atoms with Crippen LogP contribution in [0, 0.1) is 0 Å². The van der Waals surface area contributed by atoms with E-state index in [1.165, 1.54) is 5.56 Å². The maximum atomic E-state index is 5.64. The maximum Gasteiger partial charge on any atom is 0.161 e. The van der Waals surface area contributed by atoms with Gasteiger partial charge in [0.1, 0.15) is 13.2 Å². The van der Waals surface area contributed by atoms with E-state index in [4.69, 9.17) is 9.47 Å². The molecule has 2 rings (SSSR count). The second-order valence-corrected chi connectivity index (χ2v) is 5.78. The van der Waals surface area contributed by atoms with Gasteiger partial charge in [0.2, 0.25) is 0 Å². The van der Waals surface area contributed by atoms with E-state index in [-0.39, 0.29) is 0 Å². The van der Waals surface area contributed by atoms with Gasteiger partial charge in [0.25, 0.3) is 0 Å². The normalized spacial score (nSPS) is 17.1. The largest absolute Gasteiger partial charge is 0.486 e. The number of nitrogens with one attached hydrogen (secondary N) is 1. The molecule has 0 amide bonds. The zero-order valence-electron chi connectivity index (χ0n) is 13.0. The summed E-state index contributed by atoms with van der Waals surface area (Å²) >= 11 is 0. The van der Waals surface area contributed by atoms with E-state index in [9.17, 15) is 0 Å². The van der Waals surface area contributed by atoms with Crippen molar-refractivity contribution in [3.63, 3.8) is 0 Å². The van der Waals surface area contributed by atoms with Gasteiger partial charge >= 0.3 is 0 Å². The van der Waals surface area contributed by atoms with Gasteiger partial charge in [-0.3, -0.25) is 0 Å². The van der Waals surface area contributed by atoms with E-state index in [1.54, 1.807) is 0 Å². The summed E-state index contributed by atoms with van der Waals surface area (Å²) in [5.74, 6) is 1.72. The van der Waals surface area contributed by atoms with Crippen LogP contribution in [0.25, 0.3) is 0 Å². The van der Waals surface area contributed by atoms with Crippen molar-refractivity contribution in [3.05, 3.63) is 23.8 Å². The molecule has 112 valence electrons. The highest BCUT2D eigenvalue weighted by Crippen LogP contribution is 2.32. The number of hydrogen-bond donors (Lipinski definition) is 1. The summed E-state index contributed by atoms with van der Waals surface area (Å²) in [6.45, 7) is 6.80. The third-order valence-corrected chi connectivity index (χ3v) is 3.61. The Balaban J connectivity index is 1.93. The van der Waals surface area contributed by atoms with Crippen LogP contribution in [0.1, 0.15) is 31.9 Å². The average molecular weight is 278 g/mol. The Morgan fingerprint density at radius 1 is 1.15 bits per heavy atom. The molecule has 0 aromatic heterocycles. The zero-order valence-corrected chi connectivity index (χ0v) is 13.0. The van der Waals surface area contributed by atoms with Crippen LogP contribution >= 0.6 is 0 Å². The molecular weight excluding hydrogens is 252 g/mol. The maximum absolute atomic E-state index is 5.64. The SMILES string of the molecule is CC(CCN(C)C)NC(C)c1ccc2c(c1)OCCO2. The van der Waals surface area contributed by atoms with Crippen molar-refractivity contribution in [2.24, 2.45) is 0 Å². The lowest BCUT2D eigenvalue weighted by molar-refractivity contribution is 0.171. The minimum absolute atomic E-state index is 0.308. The molecule has 0 spiro atoms. The summed E-state index contributed by atoms with van der Waals surface area (Å²) < 4.78 is 11.2. The molecule has 0 radical (unpaired) electrons. The Morgan fingerprint density at radius 3 is 2.55 bits per heavy atom. The summed E-state index contributed by atoms with van der Waals surface area (Å²) in [6.07, 6.45) is 1.14. The molecule has 1 N–H and O–H groups in total. The second-order valence-electron chi connectivity index (χ2n) is 5.78. The predicted octanol–water partition coefficient (Wildman–Crippen LogP) is 2.45. The summed E-state index contributed by atoms with van der Waals surface area (Å²) in [6, 6.07) is 7.00. The van der Waals surface area contributed by atoms with Gasteiger partial charge in [-0.1, -0.05) is 6.07 Å². The zero-order chi connectivity index (χ0) is 14.5. The first-order valence-electron chi connectivity index (χ1n) is 7.36. The molecule has 0 saturated carbocycles. The van der Waals surface area contributed by atoms with Crippen LogP contribution in [0.5, 0.6) is 11.5 Å². The van der Waals surface area contributed by atoms with Crippen LogP contribution in [0.3, 0.4) is 0 Å². The first-order valence-corrected chi connectivity index (χ1v) is 7.36. The lowest BCUT2D eigenvalue weighted by atomic mass is 10.1. The quantitative estimate of drug-likeness (QED) is 0.866. The van der Waals surface area contributed by atoms with Crippen LogP contribution in [0.2, 0.25) is 0 Å². The van der Waals surface area contributed by atoms with Crippen molar-refractivity contribution in [1.82, 2.24) is 10.2 Å². The lowest BCUT2D eigenvalue weighted by Crippen LogP contribution is -2.32. The van der Waals surface area contributed by atoms with E-state index in [1.807, 2.05) is 6.07 Å². The van der Waals surface area contributed by atoms with Gasteiger partial charge in [0.05, 0.1) is 0 Å². The molecule has 0 fully saturated rings. The van der Waals surface area contributed by atoms with Gasteiger partial charge in [0.15, 0.2) is 11.5 Å². The molecular formula is C16H26N2O2. The van der Waals surface area contributed by atoms with E-state index in [2.05, 4.69) is 50.3 Å². The van der Waals surface area contributed by atoms with Crippen LogP contribution in [0.15, 0.2) is 18.2 Å². The lowest BCUT2D eigenvalue weighted by Gasteiger charge is -2.24. The monoisotopic (exact) mass is 278 g/mol. The summed E-state index contributed by atoms with van der Waals surface area (Å²) in [7, 11) is 4.22. The highest BCUT2D eigenvalue weighted by molar-refractivity contribution is 5.44. The van der Waals surface area contributed by atoms with E-state index in [0.717, 1.165) is 24.5 Å². The number of ether oxygens (including phenoxy) is 2. The van der Waals surface area contributed by atoms with Crippen LogP contribution < -0.4 is 14.8 Å². The minimum Gasteiger partial charge on any atom is -0.486 e. The van der Waals surface area contributed by atoms with Gasteiger partial charge in [-0.25, -0.2) is 0 Å². The van der Waals surface area contributed by atoms with Crippen molar-refractivity contribution in [2.75, 3.05) is 33.9 Å². The average Bonchev–Trinajstić information content (AvgIpc) is 2.44. The van der Waals surface area contributed by atoms with Crippen molar-refractivity contribution in [3.8, 4) is 11.5 Å². The fourth-order valence-electron chi connectivity index (χ4n) is 2.39. The summed E-state index contributed by atoms with van der Waals surface area (Å²) in [5, 5.41) is 3.64. The number of hydrogen-bond acceptors (Lipinski definition) is 4. The fourth-order valence-corrected chi connectivity index (χ4v) is 2.39. The molecule has 1 aromatic rings. The van der Waals surface area contributed by atoms with E-state index < -0.39 is 0 Å². The molecule has 2 atom stereocenters. The van der Waals surface area contributed by atoms with Crippen molar-refractivity contribution >= 4 is 0 Å². The van der Waals surface area contributed by atoms with E-state index in [0.29, 0.717) is 25.3 Å². The van der Waals surface area contributed by atoms with Crippen LogP contribution in [-0.2, 0) is 0 Å². The highest BCUT2D eigenvalue weighted by Gasteiger charge is 2.15. The standard InChI is InChI=1S/C16H26N2O2/c1-12(7-8-18(3)4)17-13(2)14-5-6-15-16(11-14)20-10-9-19-15/h5-6,11-13,17H,7-10H2,1-4H3. The van der Waals surface area contributed by atoms with Gasteiger partial charge in [-0.2, -0.15) is 0 Å². The third kappa shape index (κ3) is 4.12. The van der Waals surface area contributed by atoms with Gasteiger partial charge in [-0.05, 0) is 58.6 Å². The summed E-state index contributed by atoms with van der Waals surface area (Å²) in [5.41, 5.74) is 1.24. The van der Waals surface area contributed by atoms with E-state index >= 15 is 0 Å². The molecule has 1 aliphatic rings. The van der Waals surface area contributed by atoms with Gasteiger partial charge < -0.3 is 19.7 Å². The Morgan fingerprint density at radius 2 is 1.85 bits per heavy atom. The molecule has 20 heavy (non-hydrogen) atoms. The number of nitrogens with zero attached hydrogens (tertiary/aromatic N) is 1. The topological polar surface area (TPSA) is 33.7 Å². The highest BCUT2D eigenvalue weighted by atomic mass is 16.6. The Kier molecular flexibility index (Phi) is 5.26. The molecule has 4 heteroatoms.